The zero-order chi connectivity index (χ0) is 23.2. The number of rotatable bonds is 7. The minimum atomic E-state index is -4.87. The van der Waals surface area contributed by atoms with E-state index in [-0.39, 0.29) is 17.9 Å². The van der Waals surface area contributed by atoms with Crippen molar-refractivity contribution in [3.8, 4) is 0 Å². The number of aliphatic imine (C=N–C) groups is 1. The Hall–Kier alpha value is -2.93. The Morgan fingerprint density at radius 3 is 1.81 bits per heavy atom. The summed E-state index contributed by atoms with van der Waals surface area (Å²) in [7, 11) is 0. The topological polar surface area (TPSA) is 38.7 Å². The van der Waals surface area contributed by atoms with Crippen LogP contribution in [0.4, 0.5) is 13.2 Å². The highest BCUT2D eigenvalue weighted by Gasteiger charge is 2.58. The van der Waals surface area contributed by atoms with E-state index >= 15 is 0 Å². The Bertz CT molecular complexity index is 1030. The Morgan fingerprint density at radius 2 is 1.38 bits per heavy atom. The van der Waals surface area contributed by atoms with Gasteiger partial charge in [-0.15, -0.1) is 0 Å². The summed E-state index contributed by atoms with van der Waals surface area (Å²) < 4.78 is 50.0. The van der Waals surface area contributed by atoms with Crippen molar-refractivity contribution < 1.29 is 22.7 Å². The van der Waals surface area contributed by atoms with Crippen LogP contribution in [0.3, 0.4) is 0 Å². The van der Waals surface area contributed by atoms with Gasteiger partial charge in [-0.25, -0.2) is 0 Å². The maximum absolute atomic E-state index is 14.8. The smallest absolute Gasteiger partial charge is 0.418 e. The van der Waals surface area contributed by atoms with Crippen molar-refractivity contribution in [2.75, 3.05) is 6.61 Å². The monoisotopic (exact) mass is 503 g/mol. The molecule has 0 amide bonds. The van der Waals surface area contributed by atoms with Crippen molar-refractivity contribution in [3.63, 3.8) is 0 Å². The minimum Gasteiger partial charge on any atom is -0.466 e. The molecule has 0 aliphatic rings. The fourth-order valence-electron chi connectivity index (χ4n) is 3.36. The van der Waals surface area contributed by atoms with Crippen LogP contribution in [-0.4, -0.2) is 24.5 Å². The predicted molar refractivity (Wildman–Crippen MR) is 122 cm³/mol. The van der Waals surface area contributed by atoms with E-state index in [2.05, 4.69) is 20.9 Å². The lowest BCUT2D eigenvalue weighted by molar-refractivity contribution is -0.196. The molecule has 0 N–H and O–H groups in total. The summed E-state index contributed by atoms with van der Waals surface area (Å²) >= 11 is 3.25. The Labute approximate surface area is 193 Å². The van der Waals surface area contributed by atoms with Gasteiger partial charge in [0.25, 0.3) is 0 Å². The van der Waals surface area contributed by atoms with Crippen LogP contribution in [0.2, 0.25) is 0 Å². The first kappa shape index (κ1) is 23.7. The molecule has 3 aromatic carbocycles. The van der Waals surface area contributed by atoms with Crippen molar-refractivity contribution >= 4 is 27.6 Å². The molecule has 0 saturated carbocycles. The number of hydrogen-bond acceptors (Lipinski definition) is 3. The summed E-state index contributed by atoms with van der Waals surface area (Å²) in [6, 6.07) is 22.9. The van der Waals surface area contributed by atoms with Gasteiger partial charge in [-0.1, -0.05) is 88.7 Å². The normalized spacial score (nSPS) is 13.2. The molecule has 0 heterocycles. The molecule has 3 aromatic rings. The SMILES string of the molecule is CCOC(=O)CC(N=C(c1ccccc1)c1ccccc1)(c1ccc(Br)cc1)C(F)(F)F. The van der Waals surface area contributed by atoms with Gasteiger partial charge in [0.2, 0.25) is 0 Å². The van der Waals surface area contributed by atoms with Crippen LogP contribution < -0.4 is 0 Å². The van der Waals surface area contributed by atoms with Crippen molar-refractivity contribution in [2.24, 2.45) is 4.99 Å². The van der Waals surface area contributed by atoms with Crippen LogP contribution in [-0.2, 0) is 15.1 Å². The number of carbonyl (C=O) groups is 1. The van der Waals surface area contributed by atoms with Gasteiger partial charge in [-0.3, -0.25) is 9.79 Å². The largest absolute Gasteiger partial charge is 0.466 e. The average Bonchev–Trinajstić information content (AvgIpc) is 2.78. The fourth-order valence-corrected chi connectivity index (χ4v) is 3.62. The standard InChI is InChI=1S/C25H21BrF3NO2/c1-2-32-22(31)17-24(25(27,28)29,20-13-15-21(26)16-14-20)30-23(18-9-5-3-6-10-18)19-11-7-4-8-12-19/h3-16H,2,17H2,1H3. The molecule has 0 saturated heterocycles. The molecule has 166 valence electrons. The molecule has 32 heavy (non-hydrogen) atoms. The molecule has 0 aliphatic carbocycles. The zero-order valence-corrected chi connectivity index (χ0v) is 18.9. The second-order valence-electron chi connectivity index (χ2n) is 7.04. The molecular formula is C25H21BrF3NO2. The van der Waals surface area contributed by atoms with E-state index in [0.717, 1.165) is 0 Å². The number of benzene rings is 3. The Balaban J connectivity index is 2.33. The summed E-state index contributed by atoms with van der Waals surface area (Å²) in [4.78, 5) is 16.7. The third kappa shape index (κ3) is 5.27. The number of carbonyl (C=O) groups excluding carboxylic acids is 1. The van der Waals surface area contributed by atoms with E-state index in [1.807, 2.05) is 0 Å². The van der Waals surface area contributed by atoms with Gasteiger partial charge < -0.3 is 4.74 Å². The molecule has 0 aromatic heterocycles. The average molecular weight is 504 g/mol. The maximum Gasteiger partial charge on any atom is 0.418 e. The van der Waals surface area contributed by atoms with E-state index in [4.69, 9.17) is 4.74 Å². The lowest BCUT2D eigenvalue weighted by atomic mass is 9.85. The minimum absolute atomic E-state index is 0.0267. The van der Waals surface area contributed by atoms with Gasteiger partial charge >= 0.3 is 12.1 Å². The first-order valence-corrected chi connectivity index (χ1v) is 10.8. The summed E-state index contributed by atoms with van der Waals surface area (Å²) in [5, 5.41) is 0. The van der Waals surface area contributed by atoms with E-state index < -0.39 is 24.1 Å². The van der Waals surface area contributed by atoms with Crippen LogP contribution in [0.15, 0.2) is 94.4 Å². The molecule has 0 radical (unpaired) electrons. The first-order chi connectivity index (χ1) is 15.3. The van der Waals surface area contributed by atoms with Gasteiger partial charge in [0, 0.05) is 15.6 Å². The molecule has 0 bridgehead atoms. The summed E-state index contributed by atoms with van der Waals surface area (Å²) in [5.74, 6) is -0.975. The van der Waals surface area contributed by atoms with Crippen molar-refractivity contribution in [3.05, 3.63) is 106 Å². The number of hydrogen-bond donors (Lipinski definition) is 0. The quantitative estimate of drug-likeness (QED) is 0.266. The Morgan fingerprint density at radius 1 is 0.875 bits per heavy atom. The van der Waals surface area contributed by atoms with E-state index in [9.17, 15) is 18.0 Å². The third-order valence-corrected chi connectivity index (χ3v) is 5.42. The van der Waals surface area contributed by atoms with Crippen molar-refractivity contribution in [1.29, 1.82) is 0 Å². The second kappa shape index (κ2) is 10.1. The van der Waals surface area contributed by atoms with E-state index in [1.54, 1.807) is 67.6 Å². The van der Waals surface area contributed by atoms with Crippen LogP contribution in [0.5, 0.6) is 0 Å². The predicted octanol–water partition coefficient (Wildman–Crippen LogP) is 6.70. The van der Waals surface area contributed by atoms with Crippen LogP contribution in [0, 0.1) is 0 Å². The Kier molecular flexibility index (Phi) is 7.51. The molecule has 0 spiro atoms. The van der Waals surface area contributed by atoms with Crippen LogP contribution in [0.1, 0.15) is 30.0 Å². The lowest BCUT2D eigenvalue weighted by Crippen LogP contribution is -2.44. The van der Waals surface area contributed by atoms with Crippen LogP contribution >= 0.6 is 15.9 Å². The highest BCUT2D eigenvalue weighted by atomic mass is 79.9. The van der Waals surface area contributed by atoms with Gasteiger partial charge in [0.15, 0.2) is 5.54 Å². The highest BCUT2D eigenvalue weighted by molar-refractivity contribution is 9.10. The number of esters is 1. The molecule has 3 rings (SSSR count). The number of nitrogens with zero attached hydrogens (tertiary/aromatic N) is 1. The number of alkyl halides is 3. The third-order valence-electron chi connectivity index (χ3n) is 4.89. The first-order valence-electron chi connectivity index (χ1n) is 9.96. The second-order valence-corrected chi connectivity index (χ2v) is 7.95. The number of halogens is 4. The molecule has 1 atom stereocenters. The van der Waals surface area contributed by atoms with Gasteiger partial charge in [0.1, 0.15) is 0 Å². The fraction of sp³-hybridized carbons (Fsp3) is 0.200. The van der Waals surface area contributed by atoms with Crippen LogP contribution in [0.25, 0.3) is 0 Å². The lowest BCUT2D eigenvalue weighted by Gasteiger charge is -2.33. The summed E-state index contributed by atoms with van der Waals surface area (Å²) in [6.45, 7) is 1.52. The van der Waals surface area contributed by atoms with E-state index in [0.29, 0.717) is 15.6 Å². The zero-order valence-electron chi connectivity index (χ0n) is 17.3. The van der Waals surface area contributed by atoms with Crippen molar-refractivity contribution in [2.45, 2.75) is 25.1 Å². The summed E-state index contributed by atoms with van der Waals surface area (Å²) in [5.41, 5.74) is -1.83. The molecule has 0 aliphatic heterocycles. The molecule has 0 fully saturated rings. The molecular weight excluding hydrogens is 483 g/mol. The molecule has 3 nitrogen and oxygen atoms in total. The van der Waals surface area contributed by atoms with E-state index in [1.165, 1.54) is 24.3 Å². The molecule has 7 heteroatoms. The van der Waals surface area contributed by atoms with Gasteiger partial charge in [0.05, 0.1) is 18.7 Å². The van der Waals surface area contributed by atoms with Gasteiger partial charge in [-0.2, -0.15) is 13.2 Å². The maximum atomic E-state index is 14.8. The van der Waals surface area contributed by atoms with Crippen molar-refractivity contribution in [1.82, 2.24) is 0 Å². The van der Waals surface area contributed by atoms with Gasteiger partial charge in [-0.05, 0) is 24.6 Å². The molecule has 1 unspecified atom stereocenters. The summed E-state index contributed by atoms with van der Waals surface area (Å²) in [6.07, 6.45) is -5.85. The highest BCUT2D eigenvalue weighted by Crippen LogP contribution is 2.46. The number of ether oxygens (including phenoxy) is 1.